The molecule has 3 N–H and O–H groups in total. The third-order valence-electron chi connectivity index (χ3n) is 3.35. The Balaban J connectivity index is 2.65. The second-order valence-electron chi connectivity index (χ2n) is 4.52. The Kier molecular flexibility index (Phi) is 3.25. The second kappa shape index (κ2) is 4.72. The van der Waals surface area contributed by atoms with Gasteiger partial charge in [-0.05, 0) is 36.2 Å². The Morgan fingerprint density at radius 2 is 1.74 bits per heavy atom. The maximum atomic E-state index is 13.0. The number of hydrogen-bond acceptors (Lipinski definition) is 2. The Hall–Kier alpha value is -2.36. The fourth-order valence-corrected chi connectivity index (χ4v) is 2.13. The quantitative estimate of drug-likeness (QED) is 0.833. The average molecular weight is 259 g/mol. The number of para-hydroxylation sites is 1. The van der Waals surface area contributed by atoms with Crippen LogP contribution in [0.2, 0.25) is 0 Å². The molecule has 0 spiro atoms. The fourth-order valence-electron chi connectivity index (χ4n) is 2.13. The van der Waals surface area contributed by atoms with Gasteiger partial charge in [0.1, 0.15) is 11.2 Å². The zero-order valence-corrected chi connectivity index (χ0v) is 10.4. The molecule has 1 unspecified atom stereocenters. The van der Waals surface area contributed by atoms with Crippen LogP contribution in [0.4, 0.5) is 10.1 Å². The van der Waals surface area contributed by atoms with Crippen molar-refractivity contribution in [2.45, 2.75) is 12.3 Å². The van der Waals surface area contributed by atoms with Crippen LogP contribution in [0.25, 0.3) is 0 Å². The molecule has 0 amide bonds. The van der Waals surface area contributed by atoms with Gasteiger partial charge in [-0.25, -0.2) is 4.39 Å². The first-order valence-corrected chi connectivity index (χ1v) is 5.80. The van der Waals surface area contributed by atoms with Crippen molar-refractivity contribution < 1.29 is 14.3 Å². The molecule has 0 heterocycles. The van der Waals surface area contributed by atoms with E-state index in [1.54, 1.807) is 31.2 Å². The van der Waals surface area contributed by atoms with E-state index in [1.165, 1.54) is 24.3 Å². The van der Waals surface area contributed by atoms with Crippen LogP contribution in [0.3, 0.4) is 0 Å². The molecule has 2 rings (SSSR count). The smallest absolute Gasteiger partial charge is 0.318 e. The molecule has 2 aromatic carbocycles. The summed E-state index contributed by atoms with van der Waals surface area (Å²) in [5.41, 5.74) is 5.95. The molecule has 4 heteroatoms. The fraction of sp³-hybridized carbons (Fsp3) is 0.133. The highest BCUT2D eigenvalue weighted by atomic mass is 19.1. The number of benzene rings is 2. The van der Waals surface area contributed by atoms with Crippen LogP contribution in [-0.2, 0) is 10.2 Å². The first kappa shape index (κ1) is 13.1. The number of anilines is 1. The van der Waals surface area contributed by atoms with E-state index in [0.29, 0.717) is 16.8 Å². The number of carboxylic acids is 1. The molecule has 19 heavy (non-hydrogen) atoms. The van der Waals surface area contributed by atoms with Gasteiger partial charge in [0.05, 0.1) is 0 Å². The van der Waals surface area contributed by atoms with Crippen LogP contribution in [0.1, 0.15) is 18.1 Å². The highest BCUT2D eigenvalue weighted by Gasteiger charge is 2.38. The Bertz CT molecular complexity index is 610. The number of carboxylic acid groups (broad SMARTS) is 1. The minimum absolute atomic E-state index is 0.400. The van der Waals surface area contributed by atoms with Crippen molar-refractivity contribution in [2.75, 3.05) is 5.73 Å². The molecule has 0 aromatic heterocycles. The lowest BCUT2D eigenvalue weighted by molar-refractivity contribution is -0.141. The third kappa shape index (κ3) is 2.17. The van der Waals surface area contributed by atoms with Gasteiger partial charge in [0, 0.05) is 5.69 Å². The lowest BCUT2D eigenvalue weighted by Crippen LogP contribution is -2.34. The van der Waals surface area contributed by atoms with Gasteiger partial charge in [-0.15, -0.1) is 0 Å². The van der Waals surface area contributed by atoms with Gasteiger partial charge in [-0.2, -0.15) is 0 Å². The van der Waals surface area contributed by atoms with Gasteiger partial charge in [-0.3, -0.25) is 4.79 Å². The Morgan fingerprint density at radius 3 is 2.26 bits per heavy atom. The summed E-state index contributed by atoms with van der Waals surface area (Å²) in [6.45, 7) is 1.56. The third-order valence-corrected chi connectivity index (χ3v) is 3.35. The highest BCUT2D eigenvalue weighted by molar-refractivity contribution is 5.87. The molecule has 0 saturated heterocycles. The zero-order chi connectivity index (χ0) is 14.0. The number of rotatable bonds is 3. The number of halogens is 1. The number of hydrogen-bond donors (Lipinski definition) is 2. The molecule has 0 aliphatic rings. The van der Waals surface area contributed by atoms with Gasteiger partial charge in [0.2, 0.25) is 0 Å². The molecule has 0 saturated carbocycles. The van der Waals surface area contributed by atoms with Crippen LogP contribution in [0.5, 0.6) is 0 Å². The topological polar surface area (TPSA) is 63.3 Å². The first-order chi connectivity index (χ1) is 8.96. The standard InChI is InChI=1S/C15H14FNO2/c1-15(14(18)19,10-6-8-11(16)9-7-10)12-4-2-3-5-13(12)17/h2-9H,17H2,1H3,(H,18,19). The monoisotopic (exact) mass is 259 g/mol. The normalized spacial score (nSPS) is 13.8. The van der Waals surface area contributed by atoms with Gasteiger partial charge < -0.3 is 10.8 Å². The largest absolute Gasteiger partial charge is 0.480 e. The minimum Gasteiger partial charge on any atom is -0.480 e. The van der Waals surface area contributed by atoms with Gasteiger partial charge in [0.15, 0.2) is 0 Å². The summed E-state index contributed by atoms with van der Waals surface area (Å²) >= 11 is 0. The molecular formula is C15H14FNO2. The van der Waals surface area contributed by atoms with Crippen molar-refractivity contribution in [3.8, 4) is 0 Å². The van der Waals surface area contributed by atoms with Crippen molar-refractivity contribution in [1.29, 1.82) is 0 Å². The zero-order valence-electron chi connectivity index (χ0n) is 10.4. The summed E-state index contributed by atoms with van der Waals surface area (Å²) in [6, 6.07) is 12.2. The van der Waals surface area contributed by atoms with E-state index in [-0.39, 0.29) is 0 Å². The van der Waals surface area contributed by atoms with Gasteiger partial charge in [0.25, 0.3) is 0 Å². The summed E-state index contributed by atoms with van der Waals surface area (Å²) in [4.78, 5) is 11.7. The molecule has 0 bridgehead atoms. The van der Waals surface area contributed by atoms with E-state index in [0.717, 1.165) is 0 Å². The summed E-state index contributed by atoms with van der Waals surface area (Å²) in [5, 5.41) is 9.58. The Labute approximate surface area is 110 Å². The molecule has 98 valence electrons. The maximum Gasteiger partial charge on any atom is 0.318 e. The maximum absolute atomic E-state index is 13.0. The highest BCUT2D eigenvalue weighted by Crippen LogP contribution is 2.35. The molecule has 2 aromatic rings. The van der Waals surface area contributed by atoms with E-state index in [2.05, 4.69) is 0 Å². The van der Waals surface area contributed by atoms with Gasteiger partial charge >= 0.3 is 5.97 Å². The molecule has 0 radical (unpaired) electrons. The van der Waals surface area contributed by atoms with E-state index >= 15 is 0 Å². The predicted octanol–water partition coefficient (Wildman–Crippen LogP) is 2.80. The van der Waals surface area contributed by atoms with Crippen LogP contribution >= 0.6 is 0 Å². The van der Waals surface area contributed by atoms with Crippen LogP contribution < -0.4 is 5.73 Å². The molecular weight excluding hydrogens is 245 g/mol. The summed E-state index contributed by atoms with van der Waals surface area (Å²) in [7, 11) is 0. The van der Waals surface area contributed by atoms with E-state index in [9.17, 15) is 14.3 Å². The number of aliphatic carboxylic acids is 1. The van der Waals surface area contributed by atoms with Gasteiger partial charge in [-0.1, -0.05) is 30.3 Å². The van der Waals surface area contributed by atoms with Crippen LogP contribution in [0, 0.1) is 5.82 Å². The molecule has 0 aliphatic carbocycles. The van der Waals surface area contributed by atoms with E-state index < -0.39 is 17.2 Å². The second-order valence-corrected chi connectivity index (χ2v) is 4.52. The van der Waals surface area contributed by atoms with E-state index in [1.807, 2.05) is 0 Å². The first-order valence-electron chi connectivity index (χ1n) is 5.80. The Morgan fingerprint density at radius 1 is 1.16 bits per heavy atom. The minimum atomic E-state index is -1.31. The van der Waals surface area contributed by atoms with Crippen molar-refractivity contribution in [3.05, 3.63) is 65.5 Å². The lowest BCUT2D eigenvalue weighted by Gasteiger charge is -2.27. The van der Waals surface area contributed by atoms with Crippen LogP contribution in [-0.4, -0.2) is 11.1 Å². The predicted molar refractivity (Wildman–Crippen MR) is 71.3 cm³/mol. The molecule has 0 fully saturated rings. The van der Waals surface area contributed by atoms with Crippen molar-refractivity contribution >= 4 is 11.7 Å². The SMILES string of the molecule is CC(C(=O)O)(c1ccc(F)cc1)c1ccccc1N. The molecule has 3 nitrogen and oxygen atoms in total. The lowest BCUT2D eigenvalue weighted by atomic mass is 9.75. The number of carbonyl (C=O) groups is 1. The summed E-state index contributed by atoms with van der Waals surface area (Å²) < 4.78 is 13.0. The summed E-state index contributed by atoms with van der Waals surface area (Å²) in [6.07, 6.45) is 0. The average Bonchev–Trinajstić information content (AvgIpc) is 2.39. The van der Waals surface area contributed by atoms with E-state index in [4.69, 9.17) is 5.73 Å². The van der Waals surface area contributed by atoms with Crippen molar-refractivity contribution in [2.24, 2.45) is 0 Å². The van der Waals surface area contributed by atoms with Crippen molar-refractivity contribution in [1.82, 2.24) is 0 Å². The molecule has 0 aliphatic heterocycles. The van der Waals surface area contributed by atoms with Crippen LogP contribution in [0.15, 0.2) is 48.5 Å². The molecule has 1 atom stereocenters. The number of nitrogen functional groups attached to an aromatic ring is 1. The number of nitrogens with two attached hydrogens (primary N) is 1. The van der Waals surface area contributed by atoms with Crippen molar-refractivity contribution in [3.63, 3.8) is 0 Å². The summed E-state index contributed by atoms with van der Waals surface area (Å²) in [5.74, 6) is -1.44.